The van der Waals surface area contributed by atoms with Crippen LogP contribution in [0.1, 0.15) is 47.7 Å². The number of benzene rings is 2. The third kappa shape index (κ3) is 5.14. The van der Waals surface area contributed by atoms with Crippen molar-refractivity contribution in [1.29, 1.82) is 0 Å². The maximum absolute atomic E-state index is 13.1. The molecule has 0 aliphatic carbocycles. The first-order valence-corrected chi connectivity index (χ1v) is 11.7. The number of ether oxygens (including phenoxy) is 1. The highest BCUT2D eigenvalue weighted by Gasteiger charge is 2.32. The van der Waals surface area contributed by atoms with Crippen LogP contribution in [0.5, 0.6) is 5.75 Å². The second kappa shape index (κ2) is 9.08. The molecule has 0 saturated heterocycles. The molecule has 0 radical (unpaired) electrons. The predicted octanol–water partition coefficient (Wildman–Crippen LogP) is 3.96. The van der Waals surface area contributed by atoms with Gasteiger partial charge in [-0.2, -0.15) is 0 Å². The van der Waals surface area contributed by atoms with Gasteiger partial charge < -0.3 is 10.1 Å². The second-order valence-electron chi connectivity index (χ2n) is 7.93. The number of anilines is 1. The molecule has 0 aliphatic rings. The van der Waals surface area contributed by atoms with Crippen molar-refractivity contribution in [2.45, 2.75) is 53.6 Å². The molecule has 0 aliphatic heterocycles. The third-order valence-electron chi connectivity index (χ3n) is 5.37. The molecule has 30 heavy (non-hydrogen) atoms. The van der Waals surface area contributed by atoms with E-state index in [1.807, 2.05) is 33.8 Å². The number of hydrogen-bond acceptors (Lipinski definition) is 4. The van der Waals surface area contributed by atoms with Crippen molar-refractivity contribution in [3.05, 3.63) is 58.1 Å². The number of hydrogen-bond donors (Lipinski definition) is 1. The summed E-state index contributed by atoms with van der Waals surface area (Å²) in [5.74, 6) is 0.0119. The average molecular weight is 433 g/mol. The van der Waals surface area contributed by atoms with Gasteiger partial charge in [-0.25, -0.2) is 8.42 Å². The van der Waals surface area contributed by atoms with Crippen LogP contribution < -0.4 is 14.4 Å². The smallest absolute Gasteiger partial charge is 0.244 e. The molecule has 7 heteroatoms. The van der Waals surface area contributed by atoms with E-state index in [2.05, 4.69) is 24.4 Å². The van der Waals surface area contributed by atoms with Crippen LogP contribution in [0.2, 0.25) is 0 Å². The fourth-order valence-electron chi connectivity index (χ4n) is 3.61. The van der Waals surface area contributed by atoms with Crippen molar-refractivity contribution in [2.75, 3.05) is 17.7 Å². The Balaban J connectivity index is 2.38. The summed E-state index contributed by atoms with van der Waals surface area (Å²) in [7, 11) is -2.26. The summed E-state index contributed by atoms with van der Waals surface area (Å²) in [6.45, 7) is 11.4. The molecule has 0 aromatic heterocycles. The molecule has 0 fully saturated rings. The zero-order valence-electron chi connectivity index (χ0n) is 19.0. The lowest BCUT2D eigenvalue weighted by atomic mass is 9.96. The van der Waals surface area contributed by atoms with Gasteiger partial charge in [0.25, 0.3) is 0 Å². The Morgan fingerprint density at radius 2 is 1.60 bits per heavy atom. The van der Waals surface area contributed by atoms with E-state index in [1.165, 1.54) is 12.7 Å². The quantitative estimate of drug-likeness (QED) is 0.719. The van der Waals surface area contributed by atoms with E-state index in [0.717, 1.165) is 32.8 Å². The minimum Gasteiger partial charge on any atom is -0.495 e. The van der Waals surface area contributed by atoms with E-state index in [9.17, 15) is 13.2 Å². The van der Waals surface area contributed by atoms with E-state index in [-0.39, 0.29) is 11.9 Å². The van der Waals surface area contributed by atoms with Crippen molar-refractivity contribution in [3.63, 3.8) is 0 Å². The Kier molecular flexibility index (Phi) is 7.18. The zero-order valence-corrected chi connectivity index (χ0v) is 19.8. The van der Waals surface area contributed by atoms with Gasteiger partial charge in [0, 0.05) is 0 Å². The van der Waals surface area contributed by atoms with Gasteiger partial charge in [-0.15, -0.1) is 0 Å². The number of sulfonamides is 1. The molecule has 0 saturated carbocycles. The molecule has 0 bridgehead atoms. The van der Waals surface area contributed by atoms with Gasteiger partial charge in [-0.3, -0.25) is 9.10 Å². The number of carbonyl (C=O) groups excluding carboxylic acids is 1. The van der Waals surface area contributed by atoms with Gasteiger partial charge in [-0.05, 0) is 81.5 Å². The summed E-state index contributed by atoms with van der Waals surface area (Å²) in [4.78, 5) is 13.1. The number of amides is 1. The molecular weight excluding hydrogens is 400 g/mol. The topological polar surface area (TPSA) is 75.7 Å². The Morgan fingerprint density at radius 1 is 1.00 bits per heavy atom. The first-order valence-electron chi connectivity index (χ1n) is 9.89. The Morgan fingerprint density at radius 3 is 2.17 bits per heavy atom. The van der Waals surface area contributed by atoms with E-state index >= 15 is 0 Å². The monoisotopic (exact) mass is 432 g/mol. The molecule has 164 valence electrons. The minimum atomic E-state index is -3.74. The zero-order chi connectivity index (χ0) is 22.8. The number of nitrogens with one attached hydrogen (secondary N) is 1. The predicted molar refractivity (Wildman–Crippen MR) is 122 cm³/mol. The molecule has 0 unspecified atom stereocenters. The van der Waals surface area contributed by atoms with Crippen LogP contribution in [0.25, 0.3) is 0 Å². The van der Waals surface area contributed by atoms with Crippen LogP contribution in [-0.2, 0) is 14.8 Å². The molecule has 0 heterocycles. The van der Waals surface area contributed by atoms with Crippen molar-refractivity contribution in [1.82, 2.24) is 5.32 Å². The molecule has 2 atom stereocenters. The van der Waals surface area contributed by atoms with E-state index in [0.29, 0.717) is 11.4 Å². The van der Waals surface area contributed by atoms with Crippen molar-refractivity contribution < 1.29 is 17.9 Å². The van der Waals surface area contributed by atoms with Crippen LogP contribution in [0, 0.1) is 27.7 Å². The number of rotatable bonds is 7. The first-order chi connectivity index (χ1) is 13.9. The van der Waals surface area contributed by atoms with Crippen LogP contribution in [0.3, 0.4) is 0 Å². The number of nitrogens with zero attached hydrogens (tertiary/aromatic N) is 1. The molecule has 2 rings (SSSR count). The largest absolute Gasteiger partial charge is 0.495 e. The van der Waals surface area contributed by atoms with Crippen molar-refractivity contribution >= 4 is 21.6 Å². The molecule has 1 amide bonds. The number of methoxy groups -OCH3 is 1. The highest BCUT2D eigenvalue weighted by molar-refractivity contribution is 7.92. The fourth-order valence-corrected chi connectivity index (χ4v) is 4.78. The summed E-state index contributed by atoms with van der Waals surface area (Å²) >= 11 is 0. The molecule has 2 aromatic carbocycles. The van der Waals surface area contributed by atoms with Gasteiger partial charge in [0.1, 0.15) is 11.8 Å². The van der Waals surface area contributed by atoms with Gasteiger partial charge in [0.15, 0.2) is 0 Å². The van der Waals surface area contributed by atoms with E-state index < -0.39 is 16.1 Å². The lowest BCUT2D eigenvalue weighted by Crippen LogP contribution is -2.48. The lowest BCUT2D eigenvalue weighted by Gasteiger charge is -2.30. The van der Waals surface area contributed by atoms with Gasteiger partial charge in [0.2, 0.25) is 15.9 Å². The Hall–Kier alpha value is -2.54. The summed E-state index contributed by atoms with van der Waals surface area (Å²) in [6.07, 6.45) is 1.09. The fraction of sp³-hybridized carbons (Fsp3) is 0.435. The van der Waals surface area contributed by atoms with Gasteiger partial charge >= 0.3 is 0 Å². The van der Waals surface area contributed by atoms with E-state index in [4.69, 9.17) is 4.74 Å². The van der Waals surface area contributed by atoms with Crippen molar-refractivity contribution in [2.24, 2.45) is 0 Å². The highest BCUT2D eigenvalue weighted by Crippen LogP contribution is 2.33. The maximum atomic E-state index is 13.1. The lowest BCUT2D eigenvalue weighted by molar-refractivity contribution is -0.122. The molecular formula is C23H32N2O4S. The summed E-state index contributed by atoms with van der Waals surface area (Å²) in [6, 6.07) is 8.19. The summed E-state index contributed by atoms with van der Waals surface area (Å²) in [5.41, 5.74) is 5.64. The molecule has 6 nitrogen and oxygen atoms in total. The minimum absolute atomic E-state index is 0.264. The Labute approximate surface area is 180 Å². The Bertz CT molecular complexity index is 1050. The molecule has 1 N–H and O–H groups in total. The standard InChI is InChI=1S/C23H32N2O4S/c1-14-9-10-22(29-7)21(11-14)25(30(8,27)28)19(6)23(26)24-18(5)20-13-16(3)15(2)12-17(20)4/h9-13,18-19H,1-8H3,(H,24,26)/t18-,19-/m0/s1. The number of carbonyl (C=O) groups is 1. The molecule has 0 spiro atoms. The SMILES string of the molecule is COc1ccc(C)cc1N([C@@H](C)C(=O)N[C@@H](C)c1cc(C)c(C)cc1C)S(C)(=O)=O. The van der Waals surface area contributed by atoms with Gasteiger partial charge in [-0.1, -0.05) is 18.2 Å². The number of aryl methyl sites for hydroxylation is 4. The normalized spacial score (nSPS) is 13.5. The molecule has 2 aromatic rings. The summed E-state index contributed by atoms with van der Waals surface area (Å²) in [5, 5.41) is 2.97. The van der Waals surface area contributed by atoms with Crippen LogP contribution in [-0.4, -0.2) is 33.7 Å². The van der Waals surface area contributed by atoms with Crippen molar-refractivity contribution in [3.8, 4) is 5.75 Å². The average Bonchev–Trinajstić information content (AvgIpc) is 2.63. The third-order valence-corrected chi connectivity index (χ3v) is 6.60. The van der Waals surface area contributed by atoms with Crippen LogP contribution in [0.4, 0.5) is 5.69 Å². The first kappa shape index (κ1) is 23.7. The van der Waals surface area contributed by atoms with Gasteiger partial charge in [0.05, 0.1) is 25.1 Å². The summed E-state index contributed by atoms with van der Waals surface area (Å²) < 4.78 is 31.8. The van der Waals surface area contributed by atoms with E-state index in [1.54, 1.807) is 19.1 Å². The highest BCUT2D eigenvalue weighted by atomic mass is 32.2. The maximum Gasteiger partial charge on any atom is 0.244 e. The second-order valence-corrected chi connectivity index (χ2v) is 9.79. The van der Waals surface area contributed by atoms with Crippen LogP contribution >= 0.6 is 0 Å². The van der Waals surface area contributed by atoms with Crippen LogP contribution in [0.15, 0.2) is 30.3 Å².